The number of aromatic nitrogens is 1. The fourth-order valence-electron chi connectivity index (χ4n) is 4.89. The summed E-state index contributed by atoms with van der Waals surface area (Å²) in [7, 11) is 0. The van der Waals surface area contributed by atoms with Gasteiger partial charge in [0.15, 0.2) is 0 Å². The van der Waals surface area contributed by atoms with Crippen molar-refractivity contribution in [1.82, 2.24) is 9.88 Å². The number of rotatable bonds is 5. The van der Waals surface area contributed by atoms with E-state index in [1.54, 1.807) is 6.20 Å². The second-order valence-corrected chi connectivity index (χ2v) is 8.09. The van der Waals surface area contributed by atoms with Crippen molar-refractivity contribution in [2.75, 3.05) is 19.8 Å². The van der Waals surface area contributed by atoms with E-state index in [0.717, 1.165) is 31.2 Å². The summed E-state index contributed by atoms with van der Waals surface area (Å²) in [6.45, 7) is 2.39. The lowest BCUT2D eigenvalue weighted by Crippen LogP contribution is -2.55. The molecular weight excluding hydrogens is 342 g/mol. The predicted octanol–water partition coefficient (Wildman–Crippen LogP) is 2.69. The van der Waals surface area contributed by atoms with E-state index in [-0.39, 0.29) is 18.1 Å². The number of nitriles is 1. The molecule has 3 fully saturated rings. The molecule has 3 atom stereocenters. The smallest absolute Gasteiger partial charge is 0.243 e. The summed E-state index contributed by atoms with van der Waals surface area (Å²) >= 11 is 0. The Hall–Kier alpha value is -1.97. The van der Waals surface area contributed by atoms with Crippen molar-refractivity contribution in [2.45, 2.75) is 57.3 Å². The highest BCUT2D eigenvalue weighted by Crippen LogP contribution is 2.42. The number of hydrogen-bond donors (Lipinski definition) is 0. The summed E-state index contributed by atoms with van der Waals surface area (Å²) in [6.07, 6.45) is 8.82. The largest absolute Gasteiger partial charge is 0.376 e. The van der Waals surface area contributed by atoms with Crippen LogP contribution in [-0.4, -0.2) is 47.7 Å². The molecule has 1 aliphatic heterocycles. The third-order valence-corrected chi connectivity index (χ3v) is 6.32. The Morgan fingerprint density at radius 1 is 1.41 bits per heavy atom. The molecule has 1 aromatic heterocycles. The van der Waals surface area contributed by atoms with Crippen LogP contribution in [0.5, 0.6) is 0 Å². The van der Waals surface area contributed by atoms with Gasteiger partial charge in [-0.25, -0.2) is 0 Å². The number of amides is 1. The van der Waals surface area contributed by atoms with Crippen LogP contribution in [0, 0.1) is 22.7 Å². The molecule has 0 bridgehead atoms. The number of ether oxygens (including phenoxy) is 2. The van der Waals surface area contributed by atoms with Gasteiger partial charge in [0.25, 0.3) is 0 Å². The molecule has 3 aliphatic rings. The fraction of sp³-hybridized carbons (Fsp3) is 0.667. The van der Waals surface area contributed by atoms with E-state index in [0.29, 0.717) is 45.1 Å². The minimum atomic E-state index is -0.795. The third-order valence-electron chi connectivity index (χ3n) is 6.32. The SMILES string of the molecule is N#CC1(C(=O)N2CCOC3CC(COCc4cccnc4)CC32)CCCC1. The minimum absolute atomic E-state index is 0.0396. The first kappa shape index (κ1) is 18.4. The third kappa shape index (κ3) is 3.71. The standard InChI is InChI=1S/C21H27N3O3/c22-15-21(5-1-2-6-21)20(25)24-8-9-27-19-11-17(10-18(19)24)14-26-13-16-4-3-7-23-12-16/h3-4,7,12,17-19H,1-2,5-6,8-11,13-14H2. The Labute approximate surface area is 160 Å². The van der Waals surface area contributed by atoms with Gasteiger partial charge in [0.2, 0.25) is 5.91 Å². The quantitative estimate of drug-likeness (QED) is 0.798. The highest BCUT2D eigenvalue weighted by molar-refractivity contribution is 5.86. The molecule has 6 heteroatoms. The molecule has 2 aliphatic carbocycles. The zero-order valence-electron chi connectivity index (χ0n) is 15.7. The van der Waals surface area contributed by atoms with Gasteiger partial charge in [0.05, 0.1) is 38.0 Å². The summed E-state index contributed by atoms with van der Waals surface area (Å²) in [5.74, 6) is 0.421. The lowest BCUT2D eigenvalue weighted by atomic mass is 9.85. The van der Waals surface area contributed by atoms with Crippen LogP contribution in [0.3, 0.4) is 0 Å². The molecule has 144 valence electrons. The van der Waals surface area contributed by atoms with Crippen molar-refractivity contribution in [3.63, 3.8) is 0 Å². The Balaban J connectivity index is 1.36. The number of carbonyl (C=O) groups is 1. The Morgan fingerprint density at radius 3 is 3.00 bits per heavy atom. The molecule has 1 aromatic rings. The van der Waals surface area contributed by atoms with Crippen molar-refractivity contribution in [1.29, 1.82) is 5.26 Å². The van der Waals surface area contributed by atoms with E-state index in [2.05, 4.69) is 11.1 Å². The summed E-state index contributed by atoms with van der Waals surface area (Å²) < 4.78 is 11.9. The first-order valence-corrected chi connectivity index (χ1v) is 10.0. The maximum Gasteiger partial charge on any atom is 0.243 e. The van der Waals surface area contributed by atoms with E-state index < -0.39 is 5.41 Å². The number of carbonyl (C=O) groups excluding carboxylic acids is 1. The van der Waals surface area contributed by atoms with Crippen LogP contribution in [0.25, 0.3) is 0 Å². The Morgan fingerprint density at radius 2 is 2.26 bits per heavy atom. The summed E-state index contributed by atoms with van der Waals surface area (Å²) in [5, 5.41) is 9.68. The van der Waals surface area contributed by atoms with Gasteiger partial charge < -0.3 is 14.4 Å². The van der Waals surface area contributed by atoms with Crippen LogP contribution in [0.1, 0.15) is 44.1 Å². The van der Waals surface area contributed by atoms with Gasteiger partial charge >= 0.3 is 0 Å². The summed E-state index contributed by atoms with van der Waals surface area (Å²) in [5.41, 5.74) is 0.273. The number of hydrogen-bond acceptors (Lipinski definition) is 5. The second-order valence-electron chi connectivity index (χ2n) is 8.09. The van der Waals surface area contributed by atoms with Crippen LogP contribution in [0.2, 0.25) is 0 Å². The predicted molar refractivity (Wildman–Crippen MR) is 98.4 cm³/mol. The van der Waals surface area contributed by atoms with Crippen molar-refractivity contribution in [2.24, 2.45) is 11.3 Å². The lowest BCUT2D eigenvalue weighted by molar-refractivity contribution is -0.151. The molecular formula is C21H27N3O3. The zero-order chi connectivity index (χ0) is 18.7. The minimum Gasteiger partial charge on any atom is -0.376 e. The molecule has 4 rings (SSSR count). The Kier molecular flexibility index (Phi) is 5.42. The highest BCUT2D eigenvalue weighted by Gasteiger charge is 2.50. The van der Waals surface area contributed by atoms with Gasteiger partial charge in [0, 0.05) is 18.9 Å². The van der Waals surface area contributed by atoms with Crippen LogP contribution >= 0.6 is 0 Å². The zero-order valence-corrected chi connectivity index (χ0v) is 15.7. The van der Waals surface area contributed by atoms with Crippen molar-refractivity contribution < 1.29 is 14.3 Å². The molecule has 3 unspecified atom stereocenters. The van der Waals surface area contributed by atoms with Gasteiger partial charge in [-0.2, -0.15) is 5.26 Å². The van der Waals surface area contributed by atoms with E-state index in [9.17, 15) is 10.1 Å². The number of morpholine rings is 1. The molecule has 0 N–H and O–H groups in total. The number of fused-ring (bicyclic) bond motifs is 1. The van der Waals surface area contributed by atoms with Crippen molar-refractivity contribution >= 4 is 5.91 Å². The van der Waals surface area contributed by atoms with Gasteiger partial charge in [-0.05, 0) is 43.2 Å². The molecule has 1 amide bonds. The molecule has 0 spiro atoms. The second kappa shape index (κ2) is 7.95. The maximum absolute atomic E-state index is 13.2. The maximum atomic E-state index is 13.2. The topological polar surface area (TPSA) is 75.5 Å². The normalized spacial score (nSPS) is 29.3. The monoisotopic (exact) mass is 369 g/mol. The summed E-state index contributed by atoms with van der Waals surface area (Å²) in [6, 6.07) is 6.36. The van der Waals surface area contributed by atoms with Crippen LogP contribution in [0.4, 0.5) is 0 Å². The first-order chi connectivity index (χ1) is 13.2. The summed E-state index contributed by atoms with van der Waals surface area (Å²) in [4.78, 5) is 19.3. The van der Waals surface area contributed by atoms with E-state index in [1.807, 2.05) is 23.2 Å². The van der Waals surface area contributed by atoms with Crippen LogP contribution < -0.4 is 0 Å². The lowest BCUT2D eigenvalue weighted by Gasteiger charge is -2.40. The first-order valence-electron chi connectivity index (χ1n) is 10.0. The molecule has 27 heavy (non-hydrogen) atoms. The van der Waals surface area contributed by atoms with Crippen LogP contribution in [0.15, 0.2) is 24.5 Å². The number of nitrogens with zero attached hydrogens (tertiary/aromatic N) is 3. The van der Waals surface area contributed by atoms with E-state index in [4.69, 9.17) is 9.47 Å². The van der Waals surface area contributed by atoms with Crippen LogP contribution in [-0.2, 0) is 20.9 Å². The molecule has 1 saturated heterocycles. The van der Waals surface area contributed by atoms with Crippen molar-refractivity contribution in [3.05, 3.63) is 30.1 Å². The number of pyridine rings is 1. The van der Waals surface area contributed by atoms with Gasteiger partial charge in [0.1, 0.15) is 5.41 Å². The van der Waals surface area contributed by atoms with Gasteiger partial charge in [-0.15, -0.1) is 0 Å². The molecule has 6 nitrogen and oxygen atoms in total. The molecule has 0 aromatic carbocycles. The van der Waals surface area contributed by atoms with Gasteiger partial charge in [-0.1, -0.05) is 18.9 Å². The average Bonchev–Trinajstić information content (AvgIpc) is 3.35. The average molecular weight is 369 g/mol. The van der Waals surface area contributed by atoms with Gasteiger partial charge in [-0.3, -0.25) is 9.78 Å². The highest BCUT2D eigenvalue weighted by atomic mass is 16.5. The Bertz CT molecular complexity index is 696. The fourth-order valence-corrected chi connectivity index (χ4v) is 4.89. The van der Waals surface area contributed by atoms with E-state index >= 15 is 0 Å². The molecule has 2 heterocycles. The molecule has 2 saturated carbocycles. The molecule has 0 radical (unpaired) electrons. The van der Waals surface area contributed by atoms with E-state index in [1.165, 1.54) is 0 Å². The van der Waals surface area contributed by atoms with Crippen molar-refractivity contribution in [3.8, 4) is 6.07 Å².